The molecule has 0 radical (unpaired) electrons. The summed E-state index contributed by atoms with van der Waals surface area (Å²) in [5.41, 5.74) is 0.925. The van der Waals surface area contributed by atoms with E-state index in [2.05, 4.69) is 19.2 Å². The molecule has 16 heavy (non-hydrogen) atoms. The first-order valence-electron chi connectivity index (χ1n) is 5.75. The molecular formula is C13H20FNO. The molecule has 90 valence electrons. The summed E-state index contributed by atoms with van der Waals surface area (Å²) < 4.78 is 18.1. The molecule has 0 aromatic heterocycles. The summed E-state index contributed by atoms with van der Waals surface area (Å²) in [7, 11) is 0. The number of hydrogen-bond donors (Lipinski definition) is 1. The smallest absolute Gasteiger partial charge is 0.123 e. The molecule has 0 heterocycles. The first-order valence-corrected chi connectivity index (χ1v) is 5.75. The van der Waals surface area contributed by atoms with Gasteiger partial charge in [0, 0.05) is 18.8 Å². The summed E-state index contributed by atoms with van der Waals surface area (Å²) in [4.78, 5) is 0. The van der Waals surface area contributed by atoms with Gasteiger partial charge in [0.25, 0.3) is 0 Å². The van der Waals surface area contributed by atoms with Crippen molar-refractivity contribution in [1.82, 2.24) is 0 Å². The number of hydrogen-bond acceptors (Lipinski definition) is 2. The number of halogens is 1. The minimum absolute atomic E-state index is 0.210. The highest BCUT2D eigenvalue weighted by molar-refractivity contribution is 5.42. The van der Waals surface area contributed by atoms with Gasteiger partial charge in [-0.25, -0.2) is 4.39 Å². The Bertz CT molecular complexity index is 284. The normalized spacial score (nSPS) is 10.8. The number of benzene rings is 1. The van der Waals surface area contributed by atoms with Crippen molar-refractivity contribution in [3.8, 4) is 0 Å². The van der Waals surface area contributed by atoms with E-state index in [1.807, 2.05) is 0 Å². The molecule has 0 spiro atoms. The van der Waals surface area contributed by atoms with Gasteiger partial charge in [0.2, 0.25) is 0 Å². The van der Waals surface area contributed by atoms with Crippen LogP contribution >= 0.6 is 0 Å². The minimum Gasteiger partial charge on any atom is -0.383 e. The van der Waals surface area contributed by atoms with Gasteiger partial charge >= 0.3 is 0 Å². The van der Waals surface area contributed by atoms with Gasteiger partial charge in [-0.3, -0.25) is 0 Å². The summed E-state index contributed by atoms with van der Waals surface area (Å²) in [6, 6.07) is 6.34. The van der Waals surface area contributed by atoms with Crippen LogP contribution in [-0.2, 0) is 4.74 Å². The van der Waals surface area contributed by atoms with Crippen LogP contribution in [0.2, 0.25) is 0 Å². The van der Waals surface area contributed by atoms with Crippen molar-refractivity contribution in [3.63, 3.8) is 0 Å². The largest absolute Gasteiger partial charge is 0.383 e. The summed E-state index contributed by atoms with van der Waals surface area (Å²) >= 11 is 0. The molecule has 0 fully saturated rings. The Morgan fingerprint density at radius 1 is 1.19 bits per heavy atom. The average molecular weight is 225 g/mol. The molecule has 2 nitrogen and oxygen atoms in total. The zero-order valence-electron chi connectivity index (χ0n) is 10.0. The van der Waals surface area contributed by atoms with Crippen molar-refractivity contribution in [2.45, 2.75) is 20.3 Å². The monoisotopic (exact) mass is 225 g/mol. The Balaban J connectivity index is 2.05. The van der Waals surface area contributed by atoms with Crippen LogP contribution in [0.25, 0.3) is 0 Å². The number of nitrogens with one attached hydrogen (secondary N) is 1. The molecular weight excluding hydrogens is 205 g/mol. The maximum Gasteiger partial charge on any atom is 0.123 e. The first-order chi connectivity index (χ1) is 7.68. The third-order valence-electron chi connectivity index (χ3n) is 2.26. The number of anilines is 1. The zero-order valence-corrected chi connectivity index (χ0v) is 10.0. The maximum absolute atomic E-state index is 12.6. The third kappa shape index (κ3) is 5.71. The van der Waals surface area contributed by atoms with Crippen molar-refractivity contribution in [2.24, 2.45) is 5.92 Å². The standard InChI is InChI=1S/C13H20FNO/c1-11(2)7-9-16-10-8-15-13-5-3-12(14)4-6-13/h3-6,11,15H,7-10H2,1-2H3. The van der Waals surface area contributed by atoms with Gasteiger partial charge in [0.1, 0.15) is 5.82 Å². The van der Waals surface area contributed by atoms with Gasteiger partial charge in [-0.15, -0.1) is 0 Å². The van der Waals surface area contributed by atoms with E-state index in [1.165, 1.54) is 12.1 Å². The quantitative estimate of drug-likeness (QED) is 0.719. The SMILES string of the molecule is CC(C)CCOCCNc1ccc(F)cc1. The van der Waals surface area contributed by atoms with Crippen LogP contribution in [0, 0.1) is 11.7 Å². The van der Waals surface area contributed by atoms with Crippen molar-refractivity contribution in [1.29, 1.82) is 0 Å². The van der Waals surface area contributed by atoms with Gasteiger partial charge < -0.3 is 10.1 Å². The highest BCUT2D eigenvalue weighted by Crippen LogP contribution is 2.07. The first kappa shape index (κ1) is 13.0. The van der Waals surface area contributed by atoms with Gasteiger partial charge in [-0.05, 0) is 36.6 Å². The van der Waals surface area contributed by atoms with Crippen LogP contribution in [0.3, 0.4) is 0 Å². The molecule has 0 aliphatic rings. The van der Waals surface area contributed by atoms with Crippen LogP contribution in [0.5, 0.6) is 0 Å². The molecule has 1 aromatic carbocycles. The van der Waals surface area contributed by atoms with E-state index >= 15 is 0 Å². The van der Waals surface area contributed by atoms with E-state index in [9.17, 15) is 4.39 Å². The fourth-order valence-corrected chi connectivity index (χ4v) is 1.26. The Morgan fingerprint density at radius 2 is 1.88 bits per heavy atom. The topological polar surface area (TPSA) is 21.3 Å². The van der Waals surface area contributed by atoms with E-state index in [1.54, 1.807) is 12.1 Å². The molecule has 0 atom stereocenters. The fraction of sp³-hybridized carbons (Fsp3) is 0.538. The summed E-state index contributed by atoms with van der Waals surface area (Å²) in [6.45, 7) is 6.61. The zero-order chi connectivity index (χ0) is 11.8. The summed E-state index contributed by atoms with van der Waals surface area (Å²) in [5.74, 6) is 0.476. The van der Waals surface area contributed by atoms with Crippen LogP contribution in [0.15, 0.2) is 24.3 Å². The second-order valence-corrected chi connectivity index (χ2v) is 4.23. The van der Waals surface area contributed by atoms with Crippen LogP contribution in [-0.4, -0.2) is 19.8 Å². The second-order valence-electron chi connectivity index (χ2n) is 4.23. The van der Waals surface area contributed by atoms with Crippen molar-refractivity contribution >= 4 is 5.69 Å². The molecule has 0 saturated carbocycles. The van der Waals surface area contributed by atoms with Crippen LogP contribution in [0.1, 0.15) is 20.3 Å². The Kier molecular flexibility index (Phi) is 5.86. The predicted octanol–water partition coefficient (Wildman–Crippen LogP) is 3.30. The van der Waals surface area contributed by atoms with Gasteiger partial charge in [-0.2, -0.15) is 0 Å². The molecule has 0 aliphatic heterocycles. The van der Waals surface area contributed by atoms with Gasteiger partial charge in [0.05, 0.1) is 6.61 Å². The van der Waals surface area contributed by atoms with Crippen LogP contribution in [0.4, 0.5) is 10.1 Å². The van der Waals surface area contributed by atoms with Crippen molar-refractivity contribution in [3.05, 3.63) is 30.1 Å². The lowest BCUT2D eigenvalue weighted by atomic mass is 10.1. The molecule has 0 amide bonds. The minimum atomic E-state index is -0.210. The predicted molar refractivity (Wildman–Crippen MR) is 65.2 cm³/mol. The molecule has 1 N–H and O–H groups in total. The lowest BCUT2D eigenvalue weighted by molar-refractivity contribution is 0.132. The summed E-state index contributed by atoms with van der Waals surface area (Å²) in [5, 5.41) is 3.17. The lowest BCUT2D eigenvalue weighted by Gasteiger charge is -2.08. The van der Waals surface area contributed by atoms with E-state index in [4.69, 9.17) is 4.74 Å². The van der Waals surface area contributed by atoms with Crippen LogP contribution < -0.4 is 5.32 Å². The fourth-order valence-electron chi connectivity index (χ4n) is 1.26. The van der Waals surface area contributed by atoms with Crippen molar-refractivity contribution < 1.29 is 9.13 Å². The highest BCUT2D eigenvalue weighted by Gasteiger charge is 1.95. The van der Waals surface area contributed by atoms with E-state index in [0.29, 0.717) is 12.5 Å². The van der Waals surface area contributed by atoms with Gasteiger partial charge in [0.15, 0.2) is 0 Å². The van der Waals surface area contributed by atoms with E-state index in [-0.39, 0.29) is 5.82 Å². The van der Waals surface area contributed by atoms with E-state index < -0.39 is 0 Å². The van der Waals surface area contributed by atoms with E-state index in [0.717, 1.165) is 25.3 Å². The Morgan fingerprint density at radius 3 is 2.50 bits per heavy atom. The Hall–Kier alpha value is -1.09. The second kappa shape index (κ2) is 7.23. The average Bonchev–Trinajstić information content (AvgIpc) is 2.25. The Labute approximate surface area is 96.8 Å². The molecule has 0 saturated heterocycles. The van der Waals surface area contributed by atoms with Gasteiger partial charge in [-0.1, -0.05) is 13.8 Å². The number of rotatable bonds is 7. The molecule has 1 rings (SSSR count). The molecule has 0 unspecified atom stereocenters. The third-order valence-corrected chi connectivity index (χ3v) is 2.26. The molecule has 1 aromatic rings. The number of ether oxygens (including phenoxy) is 1. The lowest BCUT2D eigenvalue weighted by Crippen LogP contribution is -2.10. The summed E-state index contributed by atoms with van der Waals surface area (Å²) in [6.07, 6.45) is 1.09. The maximum atomic E-state index is 12.6. The molecule has 0 bridgehead atoms. The van der Waals surface area contributed by atoms with Crippen molar-refractivity contribution in [2.75, 3.05) is 25.1 Å². The highest BCUT2D eigenvalue weighted by atomic mass is 19.1. The molecule has 3 heteroatoms. The molecule has 0 aliphatic carbocycles.